The molecule has 0 saturated heterocycles. The van der Waals surface area contributed by atoms with E-state index in [-0.39, 0.29) is 19.4 Å². The Labute approximate surface area is 329 Å². The van der Waals surface area contributed by atoms with E-state index in [1.165, 1.54) is 70.6 Å². The first-order valence-electron chi connectivity index (χ1n) is 21.4. The van der Waals surface area contributed by atoms with Crippen LogP contribution in [0.5, 0.6) is 0 Å². The molecular formula is C43H79O10P. The maximum absolute atomic E-state index is 12.6. The predicted octanol–water partition coefficient (Wildman–Crippen LogP) is 11.2. The zero-order valence-corrected chi connectivity index (χ0v) is 35.1. The van der Waals surface area contributed by atoms with Gasteiger partial charge in [-0.2, -0.15) is 0 Å². The van der Waals surface area contributed by atoms with Crippen LogP contribution in [-0.4, -0.2) is 65.7 Å². The zero-order chi connectivity index (χ0) is 39.8. The molecule has 0 saturated carbocycles. The number of esters is 2. The average Bonchev–Trinajstić information content (AvgIpc) is 3.16. The SMILES string of the molecule is CCCCC/C=C\C/C=C\CCCCCCCC(=O)O[C@H](COC(=O)CCCCCCC/C=C\CCCCCCCCC)COP(=O)(O)OC[C@@H](O)CO. The van der Waals surface area contributed by atoms with E-state index in [1.54, 1.807) is 0 Å². The van der Waals surface area contributed by atoms with Gasteiger partial charge in [-0.05, 0) is 70.6 Å². The minimum Gasteiger partial charge on any atom is -0.462 e. The summed E-state index contributed by atoms with van der Waals surface area (Å²) in [6.07, 6.45) is 39.6. The van der Waals surface area contributed by atoms with Crippen LogP contribution in [0.2, 0.25) is 0 Å². The number of allylic oxidation sites excluding steroid dienone is 6. The van der Waals surface area contributed by atoms with Crippen LogP contribution in [0.1, 0.15) is 187 Å². The number of hydrogen-bond donors (Lipinski definition) is 3. The maximum atomic E-state index is 12.6. The molecule has 54 heavy (non-hydrogen) atoms. The van der Waals surface area contributed by atoms with Crippen molar-refractivity contribution in [3.63, 3.8) is 0 Å². The Bertz CT molecular complexity index is 999. The average molecular weight is 787 g/mol. The van der Waals surface area contributed by atoms with Gasteiger partial charge in [0.25, 0.3) is 0 Å². The Hall–Kier alpha value is -1.81. The molecule has 1 unspecified atom stereocenters. The second kappa shape index (κ2) is 39.4. The quantitative estimate of drug-likeness (QED) is 0.0237. The second-order valence-electron chi connectivity index (χ2n) is 14.4. The summed E-state index contributed by atoms with van der Waals surface area (Å²) in [5.41, 5.74) is 0. The lowest BCUT2D eigenvalue weighted by atomic mass is 10.1. The van der Waals surface area contributed by atoms with E-state index in [0.717, 1.165) is 77.0 Å². The predicted molar refractivity (Wildman–Crippen MR) is 219 cm³/mol. The van der Waals surface area contributed by atoms with Crippen LogP contribution >= 0.6 is 7.82 Å². The third-order valence-corrected chi connectivity index (χ3v) is 9.97. The number of hydrogen-bond acceptors (Lipinski definition) is 9. The van der Waals surface area contributed by atoms with E-state index < -0.39 is 51.8 Å². The number of phosphoric ester groups is 1. The number of carbonyl (C=O) groups excluding carboxylic acids is 2. The molecule has 3 atom stereocenters. The van der Waals surface area contributed by atoms with Crippen LogP contribution in [0.3, 0.4) is 0 Å². The molecule has 0 amide bonds. The summed E-state index contributed by atoms with van der Waals surface area (Å²) >= 11 is 0. The molecule has 10 nitrogen and oxygen atoms in total. The van der Waals surface area contributed by atoms with Crippen molar-refractivity contribution in [3.05, 3.63) is 36.5 Å². The number of rotatable bonds is 40. The normalized spacial score (nSPS) is 14.2. The van der Waals surface area contributed by atoms with Gasteiger partial charge in [0.15, 0.2) is 6.10 Å². The van der Waals surface area contributed by atoms with Gasteiger partial charge >= 0.3 is 19.8 Å². The number of carbonyl (C=O) groups is 2. The first kappa shape index (κ1) is 52.2. The van der Waals surface area contributed by atoms with Crippen molar-refractivity contribution in [1.29, 1.82) is 0 Å². The highest BCUT2D eigenvalue weighted by molar-refractivity contribution is 7.47. The smallest absolute Gasteiger partial charge is 0.462 e. The summed E-state index contributed by atoms with van der Waals surface area (Å²) in [7, 11) is -4.62. The van der Waals surface area contributed by atoms with Gasteiger partial charge < -0.3 is 24.6 Å². The van der Waals surface area contributed by atoms with E-state index in [2.05, 4.69) is 54.8 Å². The fourth-order valence-electron chi connectivity index (χ4n) is 5.66. The minimum atomic E-state index is -4.62. The lowest BCUT2D eigenvalue weighted by Crippen LogP contribution is -2.29. The molecule has 0 bridgehead atoms. The van der Waals surface area contributed by atoms with Gasteiger partial charge in [-0.15, -0.1) is 0 Å². The fourth-order valence-corrected chi connectivity index (χ4v) is 6.45. The fraction of sp³-hybridized carbons (Fsp3) is 0.814. The first-order valence-corrected chi connectivity index (χ1v) is 22.9. The molecule has 0 aliphatic carbocycles. The molecule has 3 N–H and O–H groups in total. The van der Waals surface area contributed by atoms with E-state index in [9.17, 15) is 24.2 Å². The molecule has 0 aromatic rings. The maximum Gasteiger partial charge on any atom is 0.472 e. The van der Waals surface area contributed by atoms with Crippen molar-refractivity contribution < 1.29 is 47.8 Å². The number of ether oxygens (including phenoxy) is 2. The van der Waals surface area contributed by atoms with Crippen LogP contribution in [0.25, 0.3) is 0 Å². The van der Waals surface area contributed by atoms with Gasteiger partial charge in [-0.3, -0.25) is 18.6 Å². The lowest BCUT2D eigenvalue weighted by molar-refractivity contribution is -0.161. The van der Waals surface area contributed by atoms with Crippen molar-refractivity contribution >= 4 is 19.8 Å². The Balaban J connectivity index is 4.34. The number of phosphoric acid groups is 1. The van der Waals surface area contributed by atoms with Crippen molar-refractivity contribution in [2.24, 2.45) is 0 Å². The Morgan fingerprint density at radius 3 is 1.48 bits per heavy atom. The van der Waals surface area contributed by atoms with Crippen LogP contribution in [0, 0.1) is 0 Å². The highest BCUT2D eigenvalue weighted by Gasteiger charge is 2.27. The van der Waals surface area contributed by atoms with Gasteiger partial charge in [0, 0.05) is 12.8 Å². The highest BCUT2D eigenvalue weighted by Crippen LogP contribution is 2.43. The molecule has 0 aromatic heterocycles. The van der Waals surface area contributed by atoms with Gasteiger partial charge in [0.2, 0.25) is 0 Å². The van der Waals surface area contributed by atoms with E-state index >= 15 is 0 Å². The van der Waals surface area contributed by atoms with Crippen LogP contribution < -0.4 is 0 Å². The number of aliphatic hydroxyl groups is 2. The zero-order valence-electron chi connectivity index (χ0n) is 34.2. The highest BCUT2D eigenvalue weighted by atomic mass is 31.2. The molecule has 0 radical (unpaired) electrons. The summed E-state index contributed by atoms with van der Waals surface area (Å²) in [5.74, 6) is -0.949. The Kier molecular flexibility index (Phi) is 38.1. The molecule has 0 rings (SSSR count). The molecule has 0 aliphatic rings. The molecule has 11 heteroatoms. The van der Waals surface area contributed by atoms with Crippen molar-refractivity contribution in [3.8, 4) is 0 Å². The number of unbranched alkanes of at least 4 members (excludes halogenated alkanes) is 20. The van der Waals surface area contributed by atoms with E-state index in [1.807, 2.05) is 0 Å². The van der Waals surface area contributed by atoms with Crippen LogP contribution in [0.4, 0.5) is 0 Å². The summed E-state index contributed by atoms with van der Waals surface area (Å²) in [6.45, 7) is 2.33. The van der Waals surface area contributed by atoms with E-state index in [0.29, 0.717) is 12.8 Å². The van der Waals surface area contributed by atoms with Gasteiger partial charge in [-0.1, -0.05) is 140 Å². The Morgan fingerprint density at radius 2 is 0.963 bits per heavy atom. The van der Waals surface area contributed by atoms with Gasteiger partial charge in [0.05, 0.1) is 19.8 Å². The molecule has 0 spiro atoms. The lowest BCUT2D eigenvalue weighted by Gasteiger charge is -2.20. The molecule has 316 valence electrons. The van der Waals surface area contributed by atoms with E-state index in [4.69, 9.17) is 19.1 Å². The topological polar surface area (TPSA) is 149 Å². The molecule has 0 heterocycles. The van der Waals surface area contributed by atoms with Crippen molar-refractivity contribution in [2.75, 3.05) is 26.4 Å². The Morgan fingerprint density at radius 1 is 0.556 bits per heavy atom. The summed E-state index contributed by atoms with van der Waals surface area (Å²) in [4.78, 5) is 34.9. The molecule has 0 fully saturated rings. The van der Waals surface area contributed by atoms with Crippen molar-refractivity contribution in [1.82, 2.24) is 0 Å². The van der Waals surface area contributed by atoms with Crippen molar-refractivity contribution in [2.45, 2.75) is 199 Å². The molecule has 0 aliphatic heterocycles. The monoisotopic (exact) mass is 787 g/mol. The van der Waals surface area contributed by atoms with Gasteiger partial charge in [0.1, 0.15) is 12.7 Å². The number of aliphatic hydroxyl groups excluding tert-OH is 2. The van der Waals surface area contributed by atoms with Crippen LogP contribution in [-0.2, 0) is 32.7 Å². The first-order chi connectivity index (χ1) is 26.2. The second-order valence-corrected chi connectivity index (χ2v) is 15.8. The third kappa shape index (κ3) is 38.5. The van der Waals surface area contributed by atoms with Gasteiger partial charge in [-0.25, -0.2) is 4.57 Å². The molecule has 0 aromatic carbocycles. The summed E-state index contributed by atoms with van der Waals surface area (Å²) in [5, 5.41) is 18.3. The summed E-state index contributed by atoms with van der Waals surface area (Å²) < 4.78 is 32.7. The standard InChI is InChI=1S/C43H79O10P/c1-3-5-7-9-11-13-15-17-19-21-22-24-26-28-30-32-34-42(46)50-38-41(39-52-54(48,49)51-37-40(45)36-44)53-43(47)35-33-31-29-27-25-23-20-18-16-14-12-10-8-6-4-2/h12,14,18-21,40-41,44-45H,3-11,13,15-17,22-39H2,1-2H3,(H,48,49)/b14-12-,20-18-,21-19-/t40-,41+/m0/s1. The largest absolute Gasteiger partial charge is 0.472 e. The third-order valence-electron chi connectivity index (χ3n) is 9.02. The summed E-state index contributed by atoms with van der Waals surface area (Å²) in [6, 6.07) is 0. The van der Waals surface area contributed by atoms with Crippen LogP contribution in [0.15, 0.2) is 36.5 Å². The minimum absolute atomic E-state index is 0.167. The molecular weight excluding hydrogens is 707 g/mol.